The average Bonchev–Trinajstić information content (AvgIpc) is 2.07. The van der Waals surface area contributed by atoms with Crippen LogP contribution in [-0.2, 0) is 4.74 Å². The predicted octanol–water partition coefficient (Wildman–Crippen LogP) is 2.29. The Balaban J connectivity index is 3.35. The normalized spacial score (nSPS) is 11.6. The van der Waals surface area contributed by atoms with Crippen LogP contribution in [0.5, 0.6) is 0 Å². The number of amides is 1. The van der Waals surface area contributed by atoms with Crippen LogP contribution in [0.1, 0.15) is 27.2 Å². The molecule has 0 aromatic rings. The molecule has 0 aliphatic carbocycles. The van der Waals surface area contributed by atoms with Crippen molar-refractivity contribution >= 4 is 29.3 Å². The number of alkyl carbamates (subject to hydrolysis) is 1. The van der Waals surface area contributed by atoms with Crippen molar-refractivity contribution in [3.05, 3.63) is 0 Å². The van der Waals surface area contributed by atoms with Gasteiger partial charge in [0.25, 0.3) is 0 Å². The van der Waals surface area contributed by atoms with E-state index in [-0.39, 0.29) is 10.9 Å². The van der Waals surface area contributed by atoms with Crippen molar-refractivity contribution in [3.8, 4) is 0 Å². The molecule has 16 heavy (non-hydrogen) atoms. The van der Waals surface area contributed by atoms with E-state index in [1.54, 1.807) is 0 Å². The van der Waals surface area contributed by atoms with Crippen LogP contribution in [0.4, 0.5) is 4.79 Å². The Hall–Kier alpha value is -0.190. The predicted molar refractivity (Wildman–Crippen MR) is 67.2 cm³/mol. The van der Waals surface area contributed by atoms with Crippen LogP contribution in [0.2, 0.25) is 0 Å². The molecule has 0 unspecified atom stereocenters. The molecule has 0 saturated heterocycles. The number of ether oxygens (including phenoxy) is 1. The quantitative estimate of drug-likeness (QED) is 0.575. The van der Waals surface area contributed by atoms with Crippen LogP contribution in [0.3, 0.4) is 0 Å². The van der Waals surface area contributed by atoms with Gasteiger partial charge in [0.2, 0.25) is 0 Å². The van der Waals surface area contributed by atoms with Gasteiger partial charge in [-0.15, -0.1) is 23.2 Å². The molecule has 0 atom stereocenters. The van der Waals surface area contributed by atoms with Gasteiger partial charge in [-0.3, -0.25) is 0 Å². The van der Waals surface area contributed by atoms with Crippen LogP contribution in [0, 0.1) is 0 Å². The number of nitrogens with one attached hydrogen (secondary N) is 2. The van der Waals surface area contributed by atoms with Crippen molar-refractivity contribution in [1.82, 2.24) is 10.6 Å². The van der Waals surface area contributed by atoms with Gasteiger partial charge in [0.05, 0.1) is 0 Å². The second-order valence-corrected chi connectivity index (χ2v) is 5.65. The van der Waals surface area contributed by atoms with Crippen molar-refractivity contribution in [2.75, 3.05) is 19.6 Å². The molecule has 0 fully saturated rings. The fourth-order valence-corrected chi connectivity index (χ4v) is 1.15. The lowest BCUT2D eigenvalue weighted by Gasteiger charge is -2.19. The van der Waals surface area contributed by atoms with Crippen LogP contribution in [0.25, 0.3) is 0 Å². The fraction of sp³-hybridized carbons (Fsp3) is 0.900. The van der Waals surface area contributed by atoms with E-state index in [0.29, 0.717) is 13.1 Å². The highest BCUT2D eigenvalue weighted by Gasteiger charge is 2.15. The fourth-order valence-electron chi connectivity index (χ4n) is 0.929. The third kappa shape index (κ3) is 11.9. The van der Waals surface area contributed by atoms with E-state index in [4.69, 9.17) is 27.9 Å². The van der Waals surface area contributed by atoms with E-state index in [2.05, 4.69) is 10.6 Å². The van der Waals surface area contributed by atoms with Gasteiger partial charge in [0.1, 0.15) is 10.4 Å². The summed E-state index contributed by atoms with van der Waals surface area (Å²) in [5, 5.41) is 5.71. The molecule has 0 saturated carbocycles. The van der Waals surface area contributed by atoms with Crippen molar-refractivity contribution in [3.63, 3.8) is 0 Å². The van der Waals surface area contributed by atoms with Crippen LogP contribution < -0.4 is 10.6 Å². The molecule has 0 aliphatic heterocycles. The lowest BCUT2D eigenvalue weighted by Crippen LogP contribution is -2.34. The lowest BCUT2D eigenvalue weighted by atomic mass is 10.2. The molecule has 0 rings (SSSR count). The molecule has 0 aliphatic rings. The van der Waals surface area contributed by atoms with E-state index < -0.39 is 5.60 Å². The van der Waals surface area contributed by atoms with Gasteiger partial charge in [-0.1, -0.05) is 0 Å². The number of alkyl halides is 2. The minimum absolute atomic E-state index is 0.389. The van der Waals surface area contributed by atoms with E-state index in [1.165, 1.54) is 0 Å². The zero-order valence-corrected chi connectivity index (χ0v) is 11.5. The van der Waals surface area contributed by atoms with Crippen molar-refractivity contribution in [2.45, 2.75) is 37.6 Å². The van der Waals surface area contributed by atoms with Crippen molar-refractivity contribution in [1.29, 1.82) is 0 Å². The third-order valence-corrected chi connectivity index (χ3v) is 1.81. The maximum atomic E-state index is 11.2. The van der Waals surface area contributed by atoms with Gasteiger partial charge in [0, 0.05) is 13.1 Å². The van der Waals surface area contributed by atoms with Crippen LogP contribution in [0.15, 0.2) is 0 Å². The number of halogens is 2. The first-order chi connectivity index (χ1) is 7.31. The standard InChI is InChI=1S/C10H20Cl2N2O2/c1-10(2,3)16-9(15)14-6-4-5-13-7-8(11)12/h8,13H,4-7H2,1-3H3,(H,14,15). The maximum Gasteiger partial charge on any atom is 0.407 e. The highest BCUT2D eigenvalue weighted by Crippen LogP contribution is 2.06. The second kappa shape index (κ2) is 7.98. The molecule has 0 aromatic heterocycles. The Morgan fingerprint density at radius 3 is 2.44 bits per heavy atom. The molecule has 0 spiro atoms. The largest absolute Gasteiger partial charge is 0.444 e. The Morgan fingerprint density at radius 2 is 1.94 bits per heavy atom. The smallest absolute Gasteiger partial charge is 0.407 e. The van der Waals surface area contributed by atoms with Crippen LogP contribution >= 0.6 is 23.2 Å². The Morgan fingerprint density at radius 1 is 1.31 bits per heavy atom. The molecule has 0 aromatic carbocycles. The van der Waals surface area contributed by atoms with Crippen molar-refractivity contribution in [2.24, 2.45) is 0 Å². The minimum atomic E-state index is -0.452. The molecular formula is C10H20Cl2N2O2. The van der Waals surface area contributed by atoms with Gasteiger partial charge in [-0.25, -0.2) is 4.79 Å². The Labute approximate surface area is 107 Å². The molecule has 1 amide bonds. The average molecular weight is 271 g/mol. The summed E-state index contributed by atoms with van der Waals surface area (Å²) in [5.74, 6) is 0. The Bertz CT molecular complexity index is 205. The number of rotatable bonds is 6. The maximum absolute atomic E-state index is 11.2. The first kappa shape index (κ1) is 15.8. The zero-order valence-electron chi connectivity index (χ0n) is 9.98. The minimum Gasteiger partial charge on any atom is -0.444 e. The van der Waals surface area contributed by atoms with Gasteiger partial charge in [-0.05, 0) is 33.7 Å². The monoisotopic (exact) mass is 270 g/mol. The molecule has 0 radical (unpaired) electrons. The van der Waals surface area contributed by atoms with E-state index in [0.717, 1.165) is 13.0 Å². The SMILES string of the molecule is CC(C)(C)OC(=O)NCCCNCC(Cl)Cl. The van der Waals surface area contributed by atoms with E-state index in [9.17, 15) is 4.79 Å². The molecule has 0 bridgehead atoms. The van der Waals surface area contributed by atoms with Crippen LogP contribution in [-0.4, -0.2) is 36.2 Å². The second-order valence-electron chi connectivity index (χ2n) is 4.38. The summed E-state index contributed by atoms with van der Waals surface area (Å²) in [6, 6.07) is 0. The summed E-state index contributed by atoms with van der Waals surface area (Å²) in [7, 11) is 0. The highest BCUT2D eigenvalue weighted by molar-refractivity contribution is 6.44. The number of hydrogen-bond acceptors (Lipinski definition) is 3. The summed E-state index contributed by atoms with van der Waals surface area (Å²) < 4.78 is 5.07. The van der Waals surface area contributed by atoms with E-state index >= 15 is 0 Å². The summed E-state index contributed by atoms with van der Waals surface area (Å²) in [6.45, 7) is 7.36. The molecule has 4 nitrogen and oxygen atoms in total. The number of carbonyl (C=O) groups excluding carboxylic acids is 1. The molecule has 96 valence electrons. The van der Waals surface area contributed by atoms with Gasteiger partial charge in [0.15, 0.2) is 0 Å². The topological polar surface area (TPSA) is 50.4 Å². The van der Waals surface area contributed by atoms with E-state index in [1.807, 2.05) is 20.8 Å². The first-order valence-corrected chi connectivity index (χ1v) is 6.14. The third-order valence-electron chi connectivity index (χ3n) is 1.50. The first-order valence-electron chi connectivity index (χ1n) is 5.27. The highest BCUT2D eigenvalue weighted by atomic mass is 35.5. The Kier molecular flexibility index (Phi) is 7.89. The summed E-state index contributed by atoms with van der Waals surface area (Å²) in [4.78, 5) is 10.8. The summed E-state index contributed by atoms with van der Waals surface area (Å²) in [6.07, 6.45) is 0.416. The van der Waals surface area contributed by atoms with Crippen molar-refractivity contribution < 1.29 is 9.53 Å². The lowest BCUT2D eigenvalue weighted by molar-refractivity contribution is 0.0527. The molecule has 0 heterocycles. The zero-order chi connectivity index (χ0) is 12.6. The number of hydrogen-bond donors (Lipinski definition) is 2. The molecule has 2 N–H and O–H groups in total. The molecule has 6 heteroatoms. The molecular weight excluding hydrogens is 251 g/mol. The van der Waals surface area contributed by atoms with Gasteiger partial charge in [-0.2, -0.15) is 0 Å². The summed E-state index contributed by atoms with van der Waals surface area (Å²) in [5.41, 5.74) is -0.452. The van der Waals surface area contributed by atoms with Gasteiger partial charge < -0.3 is 15.4 Å². The van der Waals surface area contributed by atoms with Gasteiger partial charge >= 0.3 is 6.09 Å². The summed E-state index contributed by atoms with van der Waals surface area (Å²) >= 11 is 11.1. The number of carbonyl (C=O) groups is 1.